The number of carbonyl (C=O) groups excluding carboxylic acids is 1. The van der Waals surface area contributed by atoms with Crippen molar-refractivity contribution < 1.29 is 24.9 Å². The van der Waals surface area contributed by atoms with Gasteiger partial charge >= 0.3 is 0 Å². The highest BCUT2D eigenvalue weighted by Crippen LogP contribution is 2.46. The molecule has 0 spiro atoms. The van der Waals surface area contributed by atoms with E-state index < -0.39 is 0 Å². The highest BCUT2D eigenvalue weighted by atomic mass is 16.6. The molecular weight excluding hydrogens is 444 g/mol. The summed E-state index contributed by atoms with van der Waals surface area (Å²) in [5.74, 6) is 0.0150. The van der Waals surface area contributed by atoms with Crippen molar-refractivity contribution in [3.63, 3.8) is 0 Å². The minimum atomic E-state index is -0.251. The lowest BCUT2D eigenvalue weighted by molar-refractivity contribution is 0.0986. The van der Waals surface area contributed by atoms with Crippen molar-refractivity contribution in [1.29, 1.82) is 0 Å². The smallest absolute Gasteiger partial charge is 0.278 e. The fourth-order valence-electron chi connectivity index (χ4n) is 4.71. The van der Waals surface area contributed by atoms with Gasteiger partial charge in [-0.25, -0.2) is 0 Å². The van der Waals surface area contributed by atoms with Crippen molar-refractivity contribution >= 4 is 23.0 Å². The number of para-hydroxylation sites is 1. The number of aromatic hydroxyl groups is 2. The number of ether oxygens (including phenoxy) is 1. The number of benzene rings is 2. The molecule has 0 saturated carbocycles. The third-order valence-corrected chi connectivity index (χ3v) is 7.13. The van der Waals surface area contributed by atoms with Crippen molar-refractivity contribution in [2.45, 2.75) is 71.5 Å². The molecule has 0 bridgehead atoms. The van der Waals surface area contributed by atoms with Gasteiger partial charge in [-0.1, -0.05) is 24.6 Å². The summed E-state index contributed by atoms with van der Waals surface area (Å²) in [6.45, 7) is 9.07. The Hall–Kier alpha value is -3.19. The van der Waals surface area contributed by atoms with Crippen LogP contribution in [0.15, 0.2) is 42.0 Å². The maximum Gasteiger partial charge on any atom is 0.278 e. The third-order valence-electron chi connectivity index (χ3n) is 7.13. The average molecular weight is 482 g/mol. The summed E-state index contributed by atoms with van der Waals surface area (Å²) in [6, 6.07) is 7.68. The first kappa shape index (κ1) is 24.9. The van der Waals surface area contributed by atoms with Crippen molar-refractivity contribution in [2.24, 2.45) is 5.92 Å². The van der Waals surface area contributed by atoms with Crippen molar-refractivity contribution in [3.05, 3.63) is 47.5 Å². The largest absolute Gasteiger partial charge is 0.592 e. The molecule has 2 aliphatic rings. The highest BCUT2D eigenvalue weighted by Gasteiger charge is 2.46. The summed E-state index contributed by atoms with van der Waals surface area (Å²) in [4.78, 5) is 15.1. The number of fused-ring (bicyclic) bond motifs is 2. The van der Waals surface area contributed by atoms with Gasteiger partial charge in [-0.15, -0.1) is 0 Å². The number of nitrogens with one attached hydrogen (secondary N) is 1. The van der Waals surface area contributed by atoms with Gasteiger partial charge in [0.1, 0.15) is 22.9 Å². The fourth-order valence-corrected chi connectivity index (χ4v) is 4.71. The van der Waals surface area contributed by atoms with E-state index in [0.29, 0.717) is 41.2 Å². The van der Waals surface area contributed by atoms with Crippen LogP contribution in [-0.4, -0.2) is 39.5 Å². The molecule has 1 amide bonds. The van der Waals surface area contributed by atoms with Gasteiger partial charge in [-0.05, 0) is 64.9 Å². The number of phenols is 2. The number of hydrogen-bond acceptors (Lipinski definition) is 5. The summed E-state index contributed by atoms with van der Waals surface area (Å²) in [6.07, 6.45) is 7.58. The van der Waals surface area contributed by atoms with Crippen LogP contribution in [0.3, 0.4) is 0 Å². The van der Waals surface area contributed by atoms with E-state index in [4.69, 9.17) is 9.84 Å². The predicted molar refractivity (Wildman–Crippen MR) is 139 cm³/mol. The number of nitrogens with zero attached hydrogens (tertiary/aromatic N) is 1. The number of amides is 1. The number of carbonyl (C=O) groups is 1. The Balaban J connectivity index is 1.41. The zero-order chi connectivity index (χ0) is 25.3. The van der Waals surface area contributed by atoms with Crippen LogP contribution in [0.2, 0.25) is 0 Å². The molecule has 188 valence electrons. The van der Waals surface area contributed by atoms with E-state index >= 15 is 0 Å². The van der Waals surface area contributed by atoms with Crippen LogP contribution < -0.4 is 10.2 Å². The van der Waals surface area contributed by atoms with E-state index in [1.165, 1.54) is 17.7 Å². The van der Waals surface area contributed by atoms with Crippen molar-refractivity contribution in [1.82, 2.24) is 0 Å². The van der Waals surface area contributed by atoms with E-state index in [0.717, 1.165) is 32.1 Å². The SMILES string of the molecule is C/C(=C\CCC(C)CCN1C(=O)c2cccc([OH2+])c2Nc2c(O)cc(O)cc21)CCC1OC1(C)C. The minimum absolute atomic E-state index is 0.0457. The minimum Gasteiger partial charge on any atom is -0.592 e. The molecule has 2 heterocycles. The Labute approximate surface area is 207 Å². The molecule has 7 heteroatoms. The lowest BCUT2D eigenvalue weighted by Crippen LogP contribution is -2.32. The van der Waals surface area contributed by atoms with Crippen LogP contribution in [0.5, 0.6) is 17.2 Å². The molecule has 1 saturated heterocycles. The Morgan fingerprint density at radius 3 is 2.71 bits per heavy atom. The fraction of sp³-hybridized carbons (Fsp3) is 0.464. The van der Waals surface area contributed by atoms with Crippen LogP contribution in [-0.2, 0) is 4.74 Å². The van der Waals surface area contributed by atoms with Crippen LogP contribution in [0.25, 0.3) is 0 Å². The quantitative estimate of drug-likeness (QED) is 0.135. The first-order valence-electron chi connectivity index (χ1n) is 12.4. The number of allylic oxidation sites excluding steroid dienone is 2. The second kappa shape index (κ2) is 9.82. The molecule has 1 fully saturated rings. The summed E-state index contributed by atoms with van der Waals surface area (Å²) < 4.78 is 5.67. The van der Waals surface area contributed by atoms with Gasteiger partial charge in [0.15, 0.2) is 0 Å². The lowest BCUT2D eigenvalue weighted by atomic mass is 9.98. The average Bonchev–Trinajstić information content (AvgIpc) is 3.43. The first-order chi connectivity index (χ1) is 16.6. The van der Waals surface area contributed by atoms with E-state index in [2.05, 4.69) is 39.1 Å². The van der Waals surface area contributed by atoms with Crippen LogP contribution in [0.4, 0.5) is 17.1 Å². The molecule has 7 nitrogen and oxygen atoms in total. The highest BCUT2D eigenvalue weighted by molar-refractivity contribution is 6.15. The maximum absolute atomic E-state index is 13.5. The topological polar surface area (TPSA) is 108 Å². The zero-order valence-electron chi connectivity index (χ0n) is 21.0. The monoisotopic (exact) mass is 481 g/mol. The molecular formula is C28H37N2O5+. The van der Waals surface area contributed by atoms with Gasteiger partial charge in [-0.3, -0.25) is 4.79 Å². The maximum atomic E-state index is 13.5. The normalized spacial score (nSPS) is 19.4. The van der Waals surface area contributed by atoms with Crippen molar-refractivity contribution in [3.8, 4) is 17.2 Å². The molecule has 5 N–H and O–H groups in total. The van der Waals surface area contributed by atoms with Gasteiger partial charge < -0.3 is 30.3 Å². The predicted octanol–water partition coefficient (Wildman–Crippen LogP) is 5.95. The van der Waals surface area contributed by atoms with E-state index in [1.54, 1.807) is 23.1 Å². The number of phenolic OH excluding ortho intramolecular Hbond substituents is 2. The number of anilines is 3. The van der Waals surface area contributed by atoms with Gasteiger partial charge in [0.25, 0.3) is 11.7 Å². The Kier molecular flexibility index (Phi) is 6.99. The van der Waals surface area contributed by atoms with Gasteiger partial charge in [0.05, 0.1) is 23.0 Å². The summed E-state index contributed by atoms with van der Waals surface area (Å²) >= 11 is 0. The van der Waals surface area contributed by atoms with Crippen LogP contribution >= 0.6 is 0 Å². The Morgan fingerprint density at radius 1 is 1.26 bits per heavy atom. The summed E-state index contributed by atoms with van der Waals surface area (Å²) in [7, 11) is 0. The molecule has 0 radical (unpaired) electrons. The zero-order valence-corrected chi connectivity index (χ0v) is 21.0. The van der Waals surface area contributed by atoms with Crippen LogP contribution in [0, 0.1) is 5.92 Å². The molecule has 2 aromatic rings. The van der Waals surface area contributed by atoms with Crippen molar-refractivity contribution in [2.75, 3.05) is 16.8 Å². The van der Waals surface area contributed by atoms with E-state index in [1.807, 2.05) is 0 Å². The number of epoxide rings is 1. The van der Waals surface area contributed by atoms with E-state index in [9.17, 15) is 15.0 Å². The molecule has 2 aromatic carbocycles. The molecule has 2 atom stereocenters. The molecule has 2 unspecified atom stereocenters. The second-order valence-corrected chi connectivity index (χ2v) is 10.4. The standard InChI is InChI=1S/C28H36N2O5/c1-17(11-12-24-28(3,4)35-24)7-5-8-18(2)13-14-30-21-15-19(31)16-23(33)26(21)29-25-20(27(30)34)9-6-10-22(25)32/h6-7,9-10,15-16,18,24,29,31-33H,5,8,11-14H2,1-4H3/p+1/b17-7+. The Bertz CT molecular complexity index is 1140. The molecule has 0 aromatic heterocycles. The summed E-state index contributed by atoms with van der Waals surface area (Å²) in [5, 5.41) is 31.9. The van der Waals surface area contributed by atoms with Gasteiger partial charge in [0.2, 0.25) is 0 Å². The number of hydrogen-bond donors (Lipinski definition) is 3. The Morgan fingerprint density at radius 2 is 2.00 bits per heavy atom. The van der Waals surface area contributed by atoms with Crippen LogP contribution in [0.1, 0.15) is 70.2 Å². The molecule has 0 aliphatic carbocycles. The number of rotatable bonds is 9. The van der Waals surface area contributed by atoms with Gasteiger partial charge in [0, 0.05) is 24.7 Å². The first-order valence-corrected chi connectivity index (χ1v) is 12.4. The molecule has 4 rings (SSSR count). The van der Waals surface area contributed by atoms with E-state index in [-0.39, 0.29) is 28.8 Å². The molecule has 2 aliphatic heterocycles. The molecule has 35 heavy (non-hydrogen) atoms. The second-order valence-electron chi connectivity index (χ2n) is 10.4. The summed E-state index contributed by atoms with van der Waals surface area (Å²) in [5.41, 5.74) is 2.90. The lowest BCUT2D eigenvalue weighted by Gasteiger charge is -2.25. The van der Waals surface area contributed by atoms with Gasteiger partial charge in [-0.2, -0.15) is 0 Å². The third kappa shape index (κ3) is 5.56.